The van der Waals surface area contributed by atoms with Gasteiger partial charge in [-0.2, -0.15) is 0 Å². The number of aromatic nitrogens is 1. The highest BCUT2D eigenvalue weighted by Crippen LogP contribution is 2.29. The molecule has 2 heterocycles. The first-order chi connectivity index (χ1) is 14.5. The molecule has 0 atom stereocenters. The zero-order valence-corrected chi connectivity index (χ0v) is 20.1. The van der Waals surface area contributed by atoms with E-state index < -0.39 is 0 Å². The summed E-state index contributed by atoms with van der Waals surface area (Å²) < 4.78 is 4.20. The summed E-state index contributed by atoms with van der Waals surface area (Å²) >= 11 is 1.61. The van der Waals surface area contributed by atoms with Gasteiger partial charge >= 0.3 is 0 Å². The molecule has 0 unspecified atom stereocenters. The number of nitrogens with zero attached hydrogens (tertiary/aromatic N) is 2. The zero-order chi connectivity index (χ0) is 22.4. The van der Waals surface area contributed by atoms with Crippen LogP contribution in [0, 0.1) is 6.92 Å². The molecule has 0 saturated carbocycles. The minimum atomic E-state index is 0.856. The highest BCUT2D eigenvalue weighted by molar-refractivity contribution is 7.05. The third-order valence-corrected chi connectivity index (χ3v) is 5.54. The average Bonchev–Trinajstić information content (AvgIpc) is 3.43. The van der Waals surface area contributed by atoms with Crippen LogP contribution in [0.15, 0.2) is 77.8 Å². The minimum absolute atomic E-state index is 0.856. The molecule has 1 aliphatic carbocycles. The summed E-state index contributed by atoms with van der Waals surface area (Å²) in [6.45, 7) is 15.8. The lowest BCUT2D eigenvalue weighted by Crippen LogP contribution is -2.00. The van der Waals surface area contributed by atoms with Crippen LogP contribution in [-0.4, -0.2) is 17.1 Å². The van der Waals surface area contributed by atoms with E-state index in [0.717, 1.165) is 23.3 Å². The summed E-state index contributed by atoms with van der Waals surface area (Å²) in [5.74, 6) is 0. The van der Waals surface area contributed by atoms with E-state index in [1.54, 1.807) is 11.5 Å². The Kier molecular flexibility index (Phi) is 12.4. The molecule has 0 saturated heterocycles. The quantitative estimate of drug-likeness (QED) is 0.391. The molecule has 0 spiro atoms. The number of hydrogen-bond acceptors (Lipinski definition) is 4. The van der Waals surface area contributed by atoms with Crippen molar-refractivity contribution in [3.8, 4) is 0 Å². The van der Waals surface area contributed by atoms with Crippen LogP contribution in [0.3, 0.4) is 0 Å². The second-order valence-electron chi connectivity index (χ2n) is 7.22. The van der Waals surface area contributed by atoms with Gasteiger partial charge in [0.1, 0.15) is 0 Å². The van der Waals surface area contributed by atoms with E-state index in [0.29, 0.717) is 0 Å². The largest absolute Gasteiger partial charge is 0.393 e. The van der Waals surface area contributed by atoms with Crippen LogP contribution in [0.25, 0.3) is 5.57 Å². The number of hydrogen-bond donors (Lipinski definition) is 1. The van der Waals surface area contributed by atoms with Gasteiger partial charge in [0.2, 0.25) is 0 Å². The van der Waals surface area contributed by atoms with Crippen molar-refractivity contribution in [3.63, 3.8) is 0 Å². The Morgan fingerprint density at radius 1 is 1.23 bits per heavy atom. The lowest BCUT2D eigenvalue weighted by atomic mass is 9.95. The summed E-state index contributed by atoms with van der Waals surface area (Å²) in [6, 6.07) is 0. The maximum atomic E-state index is 4.31. The fraction of sp³-hybridized carbons (Fsp3) is 0.385. The lowest BCUT2D eigenvalue weighted by Gasteiger charge is -2.11. The van der Waals surface area contributed by atoms with Crippen LogP contribution in [0.4, 0.5) is 0 Å². The Morgan fingerprint density at radius 3 is 2.40 bits per heavy atom. The molecule has 0 bridgehead atoms. The van der Waals surface area contributed by atoms with E-state index in [9.17, 15) is 0 Å². The third kappa shape index (κ3) is 8.50. The number of aryl methyl sites for hydroxylation is 1. The van der Waals surface area contributed by atoms with Gasteiger partial charge in [0, 0.05) is 48.2 Å². The predicted octanol–water partition coefficient (Wildman–Crippen LogP) is 7.57. The second-order valence-corrected chi connectivity index (χ2v) is 8.22. The molecule has 1 aromatic heterocycles. The zero-order valence-electron chi connectivity index (χ0n) is 19.3. The van der Waals surface area contributed by atoms with Crippen molar-refractivity contribution >= 4 is 22.8 Å². The summed E-state index contributed by atoms with van der Waals surface area (Å²) in [7, 11) is 1.87. The summed E-state index contributed by atoms with van der Waals surface area (Å²) in [4.78, 5) is 5.67. The smallest absolute Gasteiger partial charge is 0.0484 e. The Balaban J connectivity index is 0.000000257. The molecule has 1 aromatic rings. The molecule has 3 rings (SSSR count). The van der Waals surface area contributed by atoms with Crippen molar-refractivity contribution in [2.24, 2.45) is 4.99 Å². The molecule has 0 radical (unpaired) electrons. The van der Waals surface area contributed by atoms with Crippen LogP contribution in [0.5, 0.6) is 0 Å². The second kappa shape index (κ2) is 14.5. The molecule has 3 nitrogen and oxygen atoms in total. The van der Waals surface area contributed by atoms with Crippen molar-refractivity contribution in [2.75, 3.05) is 7.05 Å². The van der Waals surface area contributed by atoms with E-state index >= 15 is 0 Å². The molecule has 162 valence electrons. The maximum absolute atomic E-state index is 4.31. The first-order valence-electron chi connectivity index (χ1n) is 10.6. The van der Waals surface area contributed by atoms with Gasteiger partial charge in [-0.3, -0.25) is 4.99 Å². The highest BCUT2D eigenvalue weighted by atomic mass is 32.1. The first-order valence-corrected chi connectivity index (χ1v) is 11.4. The fourth-order valence-corrected chi connectivity index (χ4v) is 3.59. The predicted molar refractivity (Wildman–Crippen MR) is 136 cm³/mol. The minimum Gasteiger partial charge on any atom is -0.393 e. The van der Waals surface area contributed by atoms with Gasteiger partial charge in [0.15, 0.2) is 0 Å². The van der Waals surface area contributed by atoms with E-state index in [4.69, 9.17) is 0 Å². The Morgan fingerprint density at radius 2 is 1.97 bits per heavy atom. The van der Waals surface area contributed by atoms with Gasteiger partial charge in [-0.25, -0.2) is 4.37 Å². The third-order valence-electron chi connectivity index (χ3n) is 4.84. The van der Waals surface area contributed by atoms with Crippen molar-refractivity contribution in [3.05, 3.63) is 83.2 Å². The summed E-state index contributed by atoms with van der Waals surface area (Å²) in [6.07, 6.45) is 20.1. The van der Waals surface area contributed by atoms with E-state index in [1.807, 2.05) is 64.6 Å². The summed E-state index contributed by atoms with van der Waals surface area (Å²) in [5, 5.41) is 2.99. The molecule has 0 fully saturated rings. The highest BCUT2D eigenvalue weighted by Gasteiger charge is 2.12. The monoisotopic (exact) mass is 423 g/mol. The maximum Gasteiger partial charge on any atom is 0.0484 e. The summed E-state index contributed by atoms with van der Waals surface area (Å²) in [5.41, 5.74) is 7.28. The number of nitrogens with one attached hydrogen (secondary N) is 1. The fourth-order valence-electron chi connectivity index (χ4n) is 2.99. The average molecular weight is 424 g/mol. The van der Waals surface area contributed by atoms with Gasteiger partial charge in [0.25, 0.3) is 0 Å². The Labute approximate surface area is 187 Å². The molecule has 2 aliphatic rings. The molecular weight excluding hydrogens is 386 g/mol. The van der Waals surface area contributed by atoms with Gasteiger partial charge < -0.3 is 5.32 Å². The van der Waals surface area contributed by atoms with Crippen molar-refractivity contribution in [1.29, 1.82) is 0 Å². The molecule has 0 aromatic carbocycles. The normalized spacial score (nSPS) is 15.8. The molecule has 30 heavy (non-hydrogen) atoms. The van der Waals surface area contributed by atoms with Gasteiger partial charge in [0.05, 0.1) is 0 Å². The van der Waals surface area contributed by atoms with Crippen LogP contribution >= 0.6 is 11.5 Å². The van der Waals surface area contributed by atoms with Crippen molar-refractivity contribution in [2.45, 2.75) is 59.8 Å². The topological polar surface area (TPSA) is 37.3 Å². The van der Waals surface area contributed by atoms with E-state index in [-0.39, 0.29) is 0 Å². The van der Waals surface area contributed by atoms with Crippen LogP contribution < -0.4 is 5.32 Å². The molecule has 4 heteroatoms. The lowest BCUT2D eigenvalue weighted by molar-refractivity contribution is 0.742. The van der Waals surface area contributed by atoms with Crippen molar-refractivity contribution < 1.29 is 0 Å². The molecule has 1 N–H and O–H groups in total. The molecule has 1 aliphatic heterocycles. The van der Waals surface area contributed by atoms with Crippen LogP contribution in [-0.2, 0) is 0 Å². The SMILES string of the molecule is C/C=C\C.C=C/C(=C\NC)C1=CN=C(C(=C)C)C1.Cc1sncc1C1=CCCCC1. The first kappa shape index (κ1) is 25.6. The molecular formula is C26H37N3S. The van der Waals surface area contributed by atoms with E-state index in [2.05, 4.69) is 40.8 Å². The van der Waals surface area contributed by atoms with Gasteiger partial charge in [-0.1, -0.05) is 37.5 Å². The Bertz CT molecular complexity index is 843. The number of aliphatic imine (C=N–C) groups is 1. The van der Waals surface area contributed by atoms with Gasteiger partial charge in [-0.15, -0.1) is 0 Å². The van der Waals surface area contributed by atoms with Crippen molar-refractivity contribution in [1.82, 2.24) is 9.69 Å². The molecule has 0 amide bonds. The Hall–Kier alpha value is -2.46. The van der Waals surface area contributed by atoms with Crippen LogP contribution in [0.2, 0.25) is 0 Å². The van der Waals surface area contributed by atoms with Crippen LogP contribution in [0.1, 0.15) is 63.3 Å². The number of rotatable bonds is 5. The van der Waals surface area contributed by atoms with Gasteiger partial charge in [-0.05, 0) is 87.2 Å². The van der Waals surface area contributed by atoms with E-state index in [1.165, 1.54) is 47.3 Å². The standard InChI is InChI=1S/C12H16N2.C10H13NS.C4H8/c1-5-10(7-13-4)11-6-12(9(2)3)14-8-11;1-8-10(7-11-12-8)9-5-3-2-4-6-9;1-3-4-2/h5,7-8,13H,1-2,6H2,3-4H3;5,7H,2-4,6H2,1H3;3-4H,1-2H3/b10-7+;;4-3-. The number of allylic oxidation sites excluding steroid dienone is 8.